The predicted octanol–water partition coefficient (Wildman–Crippen LogP) is 5.11. The second-order valence-corrected chi connectivity index (χ2v) is 4.13. The molecule has 3 heteroatoms. The van der Waals surface area contributed by atoms with Gasteiger partial charge in [0.15, 0.2) is 0 Å². The van der Waals surface area contributed by atoms with Crippen LogP contribution in [0.5, 0.6) is 0 Å². The van der Waals surface area contributed by atoms with Gasteiger partial charge in [-0.2, -0.15) is 0 Å². The predicted molar refractivity (Wildman–Crippen MR) is 80.1 cm³/mol. The molecule has 0 aliphatic rings. The maximum Gasteiger partial charge on any atom is 0.00301 e. The van der Waals surface area contributed by atoms with Crippen molar-refractivity contribution in [1.82, 2.24) is 0 Å². The molecule has 66 valence electrons. The molecule has 0 atom stereocenters. The first-order chi connectivity index (χ1) is 5.33. The molecule has 11 heavy (non-hydrogen) atoms. The molecule has 0 aromatic rings. The van der Waals surface area contributed by atoms with Gasteiger partial charge in [-0.05, 0) is 21.0 Å². The standard InChI is InChI=1S/C4H6I2.C4H7I/c5-3-1-2-4-6;1-2-3-4-5/h1,3H,2,4H2;3-4H,2H2,1H3. The van der Waals surface area contributed by atoms with E-state index in [1.165, 1.54) is 10.8 Å². The van der Waals surface area contributed by atoms with E-state index in [1.54, 1.807) is 0 Å². The fraction of sp³-hybridized carbons (Fsp3) is 0.500. The van der Waals surface area contributed by atoms with Crippen LogP contribution < -0.4 is 0 Å². The highest BCUT2D eigenvalue weighted by molar-refractivity contribution is 14.1. The Hall–Kier alpha value is 1.67. The van der Waals surface area contributed by atoms with E-state index in [4.69, 9.17) is 0 Å². The van der Waals surface area contributed by atoms with Crippen LogP contribution in [0.25, 0.3) is 0 Å². The highest BCUT2D eigenvalue weighted by atomic mass is 127. The summed E-state index contributed by atoms with van der Waals surface area (Å²) in [5.74, 6) is 0. The molecule has 0 heterocycles. The number of hydrogen-bond acceptors (Lipinski definition) is 0. The summed E-state index contributed by atoms with van der Waals surface area (Å²) in [6.45, 7) is 2.12. The van der Waals surface area contributed by atoms with Gasteiger partial charge in [-0.3, -0.25) is 0 Å². The van der Waals surface area contributed by atoms with Gasteiger partial charge in [0, 0.05) is 4.43 Å². The van der Waals surface area contributed by atoms with Crippen molar-refractivity contribution in [2.75, 3.05) is 4.43 Å². The van der Waals surface area contributed by atoms with Crippen molar-refractivity contribution in [2.45, 2.75) is 19.8 Å². The minimum Gasteiger partial charge on any atom is -0.0860 e. The van der Waals surface area contributed by atoms with Crippen LogP contribution in [0.4, 0.5) is 0 Å². The Morgan fingerprint density at radius 1 is 1.09 bits per heavy atom. The third kappa shape index (κ3) is 24.5. The third-order valence-corrected chi connectivity index (χ3v) is 2.33. The minimum absolute atomic E-state index is 1.16. The van der Waals surface area contributed by atoms with Crippen molar-refractivity contribution in [1.29, 1.82) is 0 Å². The number of alkyl halides is 1. The van der Waals surface area contributed by atoms with E-state index >= 15 is 0 Å². The topological polar surface area (TPSA) is 0 Å². The summed E-state index contributed by atoms with van der Waals surface area (Å²) in [6.07, 6.45) is 6.64. The van der Waals surface area contributed by atoms with Gasteiger partial charge >= 0.3 is 0 Å². The normalized spacial score (nSPS) is 10.2. The fourth-order valence-corrected chi connectivity index (χ4v) is 1.44. The molecule has 0 saturated carbocycles. The van der Waals surface area contributed by atoms with Gasteiger partial charge in [-0.15, -0.1) is 0 Å². The lowest BCUT2D eigenvalue weighted by Crippen LogP contribution is -1.59. The van der Waals surface area contributed by atoms with Crippen LogP contribution >= 0.6 is 67.8 Å². The molecule has 0 radical (unpaired) electrons. The largest absolute Gasteiger partial charge is 0.0860 e. The van der Waals surface area contributed by atoms with Crippen molar-refractivity contribution < 1.29 is 0 Å². The fourth-order valence-electron chi connectivity index (χ4n) is 0.215. The average Bonchev–Trinajstić information content (AvgIpc) is 2.04. The first-order valence-electron chi connectivity index (χ1n) is 3.39. The van der Waals surface area contributed by atoms with Gasteiger partial charge in [0.2, 0.25) is 0 Å². The summed E-state index contributed by atoms with van der Waals surface area (Å²) in [5, 5.41) is 0. The molecule has 0 saturated heterocycles. The second-order valence-electron chi connectivity index (χ2n) is 1.61. The maximum atomic E-state index is 2.36. The van der Waals surface area contributed by atoms with Crippen LogP contribution in [0.2, 0.25) is 0 Å². The lowest BCUT2D eigenvalue weighted by atomic mass is 10.5. The zero-order chi connectivity index (χ0) is 8.95. The Labute approximate surface area is 111 Å². The molecule has 0 fully saturated rings. The van der Waals surface area contributed by atoms with Crippen molar-refractivity contribution in [3.63, 3.8) is 0 Å². The number of halogens is 3. The van der Waals surface area contributed by atoms with Crippen molar-refractivity contribution in [3.8, 4) is 0 Å². The molecule has 0 aliphatic heterocycles. The van der Waals surface area contributed by atoms with E-state index < -0.39 is 0 Å². The SMILES string of the molecule is CCC=CI.IC=CCCI. The second kappa shape index (κ2) is 17.7. The Kier molecular flexibility index (Phi) is 24.4. The van der Waals surface area contributed by atoms with Gasteiger partial charge in [-0.1, -0.05) is 86.8 Å². The summed E-state index contributed by atoms with van der Waals surface area (Å²) < 4.78 is 5.31. The molecule has 0 aliphatic carbocycles. The first kappa shape index (κ1) is 15.2. The first-order valence-corrected chi connectivity index (χ1v) is 7.41. The van der Waals surface area contributed by atoms with Crippen LogP contribution in [0.1, 0.15) is 19.8 Å². The van der Waals surface area contributed by atoms with E-state index in [-0.39, 0.29) is 0 Å². The van der Waals surface area contributed by atoms with Gasteiger partial charge < -0.3 is 0 Å². The monoisotopic (exact) mass is 490 g/mol. The summed E-state index contributed by atoms with van der Waals surface area (Å²) >= 11 is 6.79. The summed E-state index contributed by atoms with van der Waals surface area (Å²) in [4.78, 5) is 0. The quantitative estimate of drug-likeness (QED) is 0.382. The van der Waals surface area contributed by atoms with Crippen LogP contribution in [-0.4, -0.2) is 4.43 Å². The van der Waals surface area contributed by atoms with Gasteiger partial charge in [0.05, 0.1) is 0 Å². The van der Waals surface area contributed by atoms with Crippen LogP contribution in [-0.2, 0) is 0 Å². The van der Waals surface area contributed by atoms with E-state index in [1.807, 2.05) is 4.08 Å². The summed E-state index contributed by atoms with van der Waals surface area (Å²) in [5.41, 5.74) is 0. The molecule has 0 aromatic heterocycles. The Morgan fingerprint density at radius 3 is 1.73 bits per heavy atom. The van der Waals surface area contributed by atoms with Gasteiger partial charge in [0.25, 0.3) is 0 Å². The molecule has 0 N–H and O–H groups in total. The molecule has 0 spiro atoms. The molecule has 0 nitrogen and oxygen atoms in total. The van der Waals surface area contributed by atoms with Crippen molar-refractivity contribution in [2.24, 2.45) is 0 Å². The Bertz CT molecular complexity index is 97.5. The van der Waals surface area contributed by atoms with E-state index in [2.05, 4.69) is 90.9 Å². The van der Waals surface area contributed by atoms with E-state index in [0.717, 1.165) is 6.42 Å². The summed E-state index contributed by atoms with van der Waals surface area (Å²) in [7, 11) is 0. The molecule has 0 unspecified atom stereocenters. The van der Waals surface area contributed by atoms with E-state index in [0.29, 0.717) is 0 Å². The van der Waals surface area contributed by atoms with Crippen molar-refractivity contribution in [3.05, 3.63) is 20.3 Å². The maximum absolute atomic E-state index is 2.36. The number of allylic oxidation sites excluding steroid dienone is 2. The Balaban J connectivity index is 0. The molecule has 0 rings (SSSR count). The van der Waals surface area contributed by atoms with Crippen LogP contribution in [0.3, 0.4) is 0 Å². The smallest absolute Gasteiger partial charge is 0.00301 e. The lowest BCUT2D eigenvalue weighted by molar-refractivity contribution is 1.23. The molecular weight excluding hydrogens is 477 g/mol. The number of hydrogen-bond donors (Lipinski definition) is 0. The zero-order valence-electron chi connectivity index (χ0n) is 6.56. The molecular formula is C8H13I3. The highest BCUT2D eigenvalue weighted by Crippen LogP contribution is 1.92. The Morgan fingerprint density at radius 2 is 1.64 bits per heavy atom. The molecule has 0 bridgehead atoms. The van der Waals surface area contributed by atoms with Gasteiger partial charge in [0.1, 0.15) is 0 Å². The third-order valence-electron chi connectivity index (χ3n) is 0.690. The molecule has 0 aromatic carbocycles. The zero-order valence-corrected chi connectivity index (χ0v) is 13.0. The van der Waals surface area contributed by atoms with Crippen LogP contribution in [0, 0.1) is 0 Å². The summed E-state index contributed by atoms with van der Waals surface area (Å²) in [6, 6.07) is 0. The number of rotatable bonds is 3. The lowest BCUT2D eigenvalue weighted by Gasteiger charge is -1.73. The van der Waals surface area contributed by atoms with E-state index in [9.17, 15) is 0 Å². The van der Waals surface area contributed by atoms with Gasteiger partial charge in [-0.25, -0.2) is 0 Å². The average molecular weight is 490 g/mol. The minimum atomic E-state index is 1.16. The highest BCUT2D eigenvalue weighted by Gasteiger charge is 1.67. The van der Waals surface area contributed by atoms with Crippen molar-refractivity contribution >= 4 is 67.8 Å². The van der Waals surface area contributed by atoms with Crippen LogP contribution in [0.15, 0.2) is 20.3 Å². The molecule has 0 amide bonds.